The summed E-state index contributed by atoms with van der Waals surface area (Å²) in [4.78, 5) is 5.51. The summed E-state index contributed by atoms with van der Waals surface area (Å²) < 4.78 is 7.57. The summed E-state index contributed by atoms with van der Waals surface area (Å²) in [5.41, 5.74) is 4.03. The van der Waals surface area contributed by atoms with Gasteiger partial charge in [-0.1, -0.05) is 0 Å². The number of nitrogens with one attached hydrogen (secondary N) is 1. The molecule has 1 aliphatic heterocycles. The van der Waals surface area contributed by atoms with Gasteiger partial charge in [0.1, 0.15) is 0 Å². The molecule has 0 saturated carbocycles. The van der Waals surface area contributed by atoms with E-state index >= 15 is 0 Å². The lowest BCUT2D eigenvalue weighted by atomic mass is 10.2. The van der Waals surface area contributed by atoms with Crippen LogP contribution in [0.5, 0.6) is 0 Å². The molecular formula is C13H18N4OS. The van der Waals surface area contributed by atoms with Gasteiger partial charge in [0.25, 0.3) is 0 Å². The van der Waals surface area contributed by atoms with Crippen LogP contribution in [0.15, 0.2) is 17.9 Å². The van der Waals surface area contributed by atoms with Gasteiger partial charge in [0.15, 0.2) is 0 Å². The number of rotatable bonds is 5. The minimum atomic E-state index is 0.330. The Morgan fingerprint density at radius 3 is 3.26 bits per heavy atom. The molecule has 3 rings (SSSR count). The fourth-order valence-electron chi connectivity index (χ4n) is 2.23. The van der Waals surface area contributed by atoms with E-state index in [4.69, 9.17) is 4.74 Å². The third-order valence-electron chi connectivity index (χ3n) is 3.35. The summed E-state index contributed by atoms with van der Waals surface area (Å²) in [5, 5.41) is 7.74. The van der Waals surface area contributed by atoms with E-state index in [-0.39, 0.29) is 0 Å². The Hall–Kier alpha value is -1.40. The van der Waals surface area contributed by atoms with Crippen LogP contribution in [-0.2, 0) is 17.8 Å². The molecule has 1 unspecified atom stereocenters. The fourth-order valence-corrected chi connectivity index (χ4v) is 2.95. The zero-order valence-corrected chi connectivity index (χ0v) is 11.8. The fraction of sp³-hybridized carbons (Fsp3) is 0.538. The van der Waals surface area contributed by atoms with Gasteiger partial charge in [0.05, 0.1) is 42.3 Å². The van der Waals surface area contributed by atoms with Gasteiger partial charge in [-0.15, -0.1) is 11.3 Å². The number of ether oxygens (including phenoxy) is 1. The Kier molecular flexibility index (Phi) is 3.79. The summed E-state index contributed by atoms with van der Waals surface area (Å²) >= 11 is 1.68. The molecule has 1 saturated heterocycles. The molecule has 1 aliphatic rings. The van der Waals surface area contributed by atoms with E-state index in [0.29, 0.717) is 6.10 Å². The van der Waals surface area contributed by atoms with Crippen LogP contribution in [0.4, 0.5) is 5.69 Å². The predicted molar refractivity (Wildman–Crippen MR) is 75.4 cm³/mol. The van der Waals surface area contributed by atoms with Crippen molar-refractivity contribution < 1.29 is 4.74 Å². The van der Waals surface area contributed by atoms with Crippen LogP contribution in [0, 0.1) is 6.92 Å². The highest BCUT2D eigenvalue weighted by molar-refractivity contribution is 7.09. The van der Waals surface area contributed by atoms with Crippen LogP contribution in [0.3, 0.4) is 0 Å². The second kappa shape index (κ2) is 5.71. The largest absolute Gasteiger partial charge is 0.378 e. The van der Waals surface area contributed by atoms with E-state index in [2.05, 4.69) is 15.4 Å². The normalized spacial score (nSPS) is 18.9. The highest BCUT2D eigenvalue weighted by atomic mass is 32.1. The number of anilines is 1. The Balaban J connectivity index is 1.54. The van der Waals surface area contributed by atoms with Crippen molar-refractivity contribution in [1.82, 2.24) is 14.8 Å². The first kappa shape index (κ1) is 12.6. The van der Waals surface area contributed by atoms with Gasteiger partial charge in [-0.25, -0.2) is 4.98 Å². The molecule has 6 heteroatoms. The number of nitrogens with zero attached hydrogens (tertiary/aromatic N) is 3. The number of hydrogen-bond acceptors (Lipinski definition) is 5. The molecule has 1 atom stereocenters. The van der Waals surface area contributed by atoms with Crippen LogP contribution in [-0.4, -0.2) is 27.5 Å². The third-order valence-corrected chi connectivity index (χ3v) is 4.28. The van der Waals surface area contributed by atoms with Crippen molar-refractivity contribution in [2.24, 2.45) is 0 Å². The van der Waals surface area contributed by atoms with Crippen molar-refractivity contribution in [3.63, 3.8) is 0 Å². The summed E-state index contributed by atoms with van der Waals surface area (Å²) in [6.07, 6.45) is 6.55. The molecule has 102 valence electrons. The van der Waals surface area contributed by atoms with Crippen molar-refractivity contribution >= 4 is 17.0 Å². The summed E-state index contributed by atoms with van der Waals surface area (Å²) in [5.74, 6) is 0. The van der Waals surface area contributed by atoms with E-state index in [1.54, 1.807) is 11.3 Å². The quantitative estimate of drug-likeness (QED) is 0.912. The second-order valence-electron chi connectivity index (χ2n) is 4.80. The molecule has 0 aromatic carbocycles. The molecule has 0 amide bonds. The standard InChI is InChI=1S/C13H18N4OS/c1-10-13(19-9-15-10)6-14-11-5-16-17(7-11)8-12-3-2-4-18-12/h5,7,9,12,14H,2-4,6,8H2,1H3. The molecule has 0 spiro atoms. The highest BCUT2D eigenvalue weighted by Crippen LogP contribution is 2.17. The number of aromatic nitrogens is 3. The molecule has 5 nitrogen and oxygen atoms in total. The lowest BCUT2D eigenvalue weighted by Crippen LogP contribution is -2.15. The molecule has 0 aliphatic carbocycles. The molecular weight excluding hydrogens is 260 g/mol. The smallest absolute Gasteiger partial charge is 0.0798 e. The molecule has 19 heavy (non-hydrogen) atoms. The van der Waals surface area contributed by atoms with E-state index in [1.807, 2.05) is 29.5 Å². The maximum Gasteiger partial charge on any atom is 0.0798 e. The molecule has 0 bridgehead atoms. The Labute approximate surface area is 116 Å². The van der Waals surface area contributed by atoms with Gasteiger partial charge < -0.3 is 10.1 Å². The minimum Gasteiger partial charge on any atom is -0.378 e. The van der Waals surface area contributed by atoms with Gasteiger partial charge in [-0.3, -0.25) is 4.68 Å². The van der Waals surface area contributed by atoms with Gasteiger partial charge in [-0.2, -0.15) is 5.10 Å². The van der Waals surface area contributed by atoms with Crippen LogP contribution in [0.25, 0.3) is 0 Å². The van der Waals surface area contributed by atoms with Crippen molar-refractivity contribution in [3.8, 4) is 0 Å². The van der Waals surface area contributed by atoms with Gasteiger partial charge in [-0.05, 0) is 19.8 Å². The zero-order chi connectivity index (χ0) is 13.1. The van der Waals surface area contributed by atoms with Crippen molar-refractivity contribution in [1.29, 1.82) is 0 Å². The van der Waals surface area contributed by atoms with Crippen molar-refractivity contribution in [2.75, 3.05) is 11.9 Å². The maximum atomic E-state index is 5.61. The zero-order valence-electron chi connectivity index (χ0n) is 11.0. The van der Waals surface area contributed by atoms with Gasteiger partial charge in [0, 0.05) is 17.7 Å². The van der Waals surface area contributed by atoms with Crippen LogP contribution in [0.2, 0.25) is 0 Å². The molecule has 0 radical (unpaired) electrons. The average Bonchev–Trinajstić information content (AvgIpc) is 3.10. The molecule has 2 aromatic heterocycles. The van der Waals surface area contributed by atoms with E-state index < -0.39 is 0 Å². The first-order chi connectivity index (χ1) is 9.31. The van der Waals surface area contributed by atoms with Gasteiger partial charge in [0.2, 0.25) is 0 Å². The summed E-state index contributed by atoms with van der Waals surface area (Å²) in [6, 6.07) is 0. The van der Waals surface area contributed by atoms with Crippen LogP contribution >= 0.6 is 11.3 Å². The third kappa shape index (κ3) is 3.13. The van der Waals surface area contributed by atoms with Crippen LogP contribution < -0.4 is 5.32 Å². The molecule has 1 N–H and O–H groups in total. The van der Waals surface area contributed by atoms with Crippen molar-refractivity contribution in [2.45, 2.75) is 39.0 Å². The predicted octanol–water partition coefficient (Wildman–Crippen LogP) is 2.44. The molecule has 2 aromatic rings. The number of aryl methyl sites for hydroxylation is 1. The number of thiazole rings is 1. The maximum absolute atomic E-state index is 5.61. The summed E-state index contributed by atoms with van der Waals surface area (Å²) in [6.45, 7) is 4.58. The highest BCUT2D eigenvalue weighted by Gasteiger charge is 2.16. The molecule has 3 heterocycles. The lowest BCUT2D eigenvalue weighted by Gasteiger charge is -2.08. The number of hydrogen-bond donors (Lipinski definition) is 1. The molecule has 1 fully saturated rings. The SMILES string of the molecule is Cc1ncsc1CNc1cnn(CC2CCCO2)c1. The Morgan fingerprint density at radius 2 is 2.53 bits per heavy atom. The lowest BCUT2D eigenvalue weighted by molar-refractivity contribution is 0.0940. The first-order valence-corrected chi connectivity index (χ1v) is 7.46. The summed E-state index contributed by atoms with van der Waals surface area (Å²) in [7, 11) is 0. The Bertz CT molecular complexity index is 530. The van der Waals surface area contributed by atoms with E-state index in [0.717, 1.165) is 37.5 Å². The first-order valence-electron chi connectivity index (χ1n) is 6.58. The van der Waals surface area contributed by atoms with E-state index in [9.17, 15) is 0 Å². The average molecular weight is 278 g/mol. The Morgan fingerprint density at radius 1 is 1.58 bits per heavy atom. The van der Waals surface area contributed by atoms with Crippen molar-refractivity contribution in [3.05, 3.63) is 28.5 Å². The monoisotopic (exact) mass is 278 g/mol. The van der Waals surface area contributed by atoms with Gasteiger partial charge >= 0.3 is 0 Å². The topological polar surface area (TPSA) is 52.0 Å². The second-order valence-corrected chi connectivity index (χ2v) is 5.74. The van der Waals surface area contributed by atoms with Crippen LogP contribution in [0.1, 0.15) is 23.4 Å². The minimum absolute atomic E-state index is 0.330. The van der Waals surface area contributed by atoms with E-state index in [1.165, 1.54) is 11.3 Å².